The number of nitrogens with one attached hydrogen (secondary N) is 2. The lowest BCUT2D eigenvalue weighted by molar-refractivity contribution is -0.139. The van der Waals surface area contributed by atoms with Gasteiger partial charge in [0.2, 0.25) is 0 Å². The fraction of sp³-hybridized carbons (Fsp3) is 0.562. The Kier molecular flexibility index (Phi) is 7.01. The lowest BCUT2D eigenvalue weighted by atomic mass is 10.2. The minimum Gasteiger partial charge on any atom is -0.337 e. The molecule has 0 aliphatic carbocycles. The molecule has 0 spiro atoms. The molecule has 4 nitrogen and oxygen atoms in total. The molecule has 2 N–H and O–H groups in total. The number of benzene rings is 1. The molecule has 0 heterocycles. The molecule has 0 atom stereocenters. The Hall–Kier alpha value is -1.83. The fourth-order valence-corrected chi connectivity index (χ4v) is 2.43. The number of rotatable bonds is 6. The third-order valence-corrected chi connectivity index (χ3v) is 3.53. The molecular formula is C16H23F4N3O. The van der Waals surface area contributed by atoms with E-state index in [0.29, 0.717) is 19.2 Å². The summed E-state index contributed by atoms with van der Waals surface area (Å²) in [4.78, 5) is 13.9. The standard InChI is InChI=1S/C16H23F4N3O/c1-10(2)23(11(3)4)9-8-21-15(24)22-13-7-5-6-12(14(13)17)16(18,19)20/h5-7,10-11H,8-9H2,1-4H3,(H2,21,22,24). The summed E-state index contributed by atoms with van der Waals surface area (Å²) in [6, 6.07) is 2.58. The van der Waals surface area contributed by atoms with E-state index in [0.717, 1.165) is 12.1 Å². The van der Waals surface area contributed by atoms with E-state index in [2.05, 4.69) is 15.5 Å². The van der Waals surface area contributed by atoms with E-state index in [1.54, 1.807) is 0 Å². The summed E-state index contributed by atoms with van der Waals surface area (Å²) >= 11 is 0. The maximum Gasteiger partial charge on any atom is 0.419 e. The lowest BCUT2D eigenvalue weighted by Crippen LogP contribution is -2.43. The monoisotopic (exact) mass is 349 g/mol. The molecule has 0 radical (unpaired) electrons. The summed E-state index contributed by atoms with van der Waals surface area (Å²) in [5.41, 5.74) is -1.92. The van der Waals surface area contributed by atoms with Crippen molar-refractivity contribution in [3.63, 3.8) is 0 Å². The van der Waals surface area contributed by atoms with Gasteiger partial charge in [-0.1, -0.05) is 6.07 Å². The molecule has 24 heavy (non-hydrogen) atoms. The highest BCUT2D eigenvalue weighted by Gasteiger charge is 2.35. The Balaban J connectivity index is 2.63. The molecule has 1 aromatic rings. The van der Waals surface area contributed by atoms with Gasteiger partial charge in [0, 0.05) is 25.2 Å². The number of carbonyl (C=O) groups is 1. The zero-order chi connectivity index (χ0) is 18.5. The second kappa shape index (κ2) is 8.32. The van der Waals surface area contributed by atoms with Crippen LogP contribution in [0.2, 0.25) is 0 Å². The number of alkyl halides is 3. The van der Waals surface area contributed by atoms with Crippen LogP contribution < -0.4 is 10.6 Å². The molecule has 0 aromatic heterocycles. The van der Waals surface area contributed by atoms with Crippen molar-refractivity contribution in [1.29, 1.82) is 0 Å². The van der Waals surface area contributed by atoms with Crippen LogP contribution in [0.1, 0.15) is 33.3 Å². The van der Waals surface area contributed by atoms with E-state index in [4.69, 9.17) is 0 Å². The number of amides is 2. The van der Waals surface area contributed by atoms with E-state index in [9.17, 15) is 22.4 Å². The van der Waals surface area contributed by atoms with Gasteiger partial charge in [-0.15, -0.1) is 0 Å². The molecule has 0 bridgehead atoms. The largest absolute Gasteiger partial charge is 0.419 e. The van der Waals surface area contributed by atoms with Crippen LogP contribution in [0.15, 0.2) is 18.2 Å². The normalized spacial score (nSPS) is 12.1. The lowest BCUT2D eigenvalue weighted by Gasteiger charge is -2.30. The van der Waals surface area contributed by atoms with Crippen molar-refractivity contribution in [2.75, 3.05) is 18.4 Å². The van der Waals surface area contributed by atoms with Gasteiger partial charge >= 0.3 is 12.2 Å². The summed E-state index contributed by atoms with van der Waals surface area (Å²) in [6.07, 6.45) is -4.81. The Labute approximate surface area is 139 Å². The molecule has 0 saturated heterocycles. The van der Waals surface area contributed by atoms with E-state index in [1.165, 1.54) is 0 Å². The quantitative estimate of drug-likeness (QED) is 0.760. The molecule has 0 fully saturated rings. The van der Waals surface area contributed by atoms with Crippen LogP contribution in [-0.4, -0.2) is 36.1 Å². The van der Waals surface area contributed by atoms with Gasteiger partial charge in [0.05, 0.1) is 11.3 Å². The summed E-state index contributed by atoms with van der Waals surface area (Å²) < 4.78 is 51.7. The van der Waals surface area contributed by atoms with E-state index in [1.807, 2.05) is 27.7 Å². The van der Waals surface area contributed by atoms with Crippen LogP contribution in [0.5, 0.6) is 0 Å². The van der Waals surface area contributed by atoms with Crippen LogP contribution in [0.3, 0.4) is 0 Å². The molecule has 2 amide bonds. The molecule has 1 rings (SSSR count). The summed E-state index contributed by atoms with van der Waals surface area (Å²) in [7, 11) is 0. The second-order valence-corrected chi connectivity index (χ2v) is 5.97. The molecular weight excluding hydrogens is 326 g/mol. The SMILES string of the molecule is CC(C)N(CCNC(=O)Nc1cccc(C(F)(F)F)c1F)C(C)C. The second-order valence-electron chi connectivity index (χ2n) is 5.97. The third-order valence-electron chi connectivity index (χ3n) is 3.53. The van der Waals surface area contributed by atoms with Gasteiger partial charge in [-0.05, 0) is 39.8 Å². The van der Waals surface area contributed by atoms with Gasteiger partial charge in [-0.2, -0.15) is 13.2 Å². The summed E-state index contributed by atoms with van der Waals surface area (Å²) in [5, 5.41) is 4.63. The zero-order valence-electron chi connectivity index (χ0n) is 14.2. The highest BCUT2D eigenvalue weighted by atomic mass is 19.4. The van der Waals surface area contributed by atoms with Crippen molar-refractivity contribution in [2.24, 2.45) is 0 Å². The topological polar surface area (TPSA) is 44.4 Å². The number of carbonyl (C=O) groups excluding carboxylic acids is 1. The first-order valence-electron chi connectivity index (χ1n) is 7.70. The van der Waals surface area contributed by atoms with Gasteiger partial charge < -0.3 is 10.6 Å². The Morgan fingerprint density at radius 1 is 1.17 bits per heavy atom. The molecule has 0 saturated carbocycles. The average molecular weight is 349 g/mol. The van der Waals surface area contributed by atoms with E-state index < -0.39 is 29.3 Å². The van der Waals surface area contributed by atoms with Crippen molar-refractivity contribution < 1.29 is 22.4 Å². The maximum atomic E-state index is 13.8. The summed E-state index contributed by atoms with van der Waals surface area (Å²) in [6.45, 7) is 8.98. The van der Waals surface area contributed by atoms with Crippen molar-refractivity contribution in [2.45, 2.75) is 46.0 Å². The number of hydrogen-bond donors (Lipinski definition) is 2. The minimum atomic E-state index is -4.81. The van der Waals surface area contributed by atoms with Crippen molar-refractivity contribution in [3.8, 4) is 0 Å². The van der Waals surface area contributed by atoms with Gasteiger partial charge in [0.15, 0.2) is 5.82 Å². The van der Waals surface area contributed by atoms with Crippen molar-refractivity contribution in [1.82, 2.24) is 10.2 Å². The minimum absolute atomic E-state index is 0.288. The first kappa shape index (κ1) is 20.2. The van der Waals surface area contributed by atoms with Crippen LogP contribution >= 0.6 is 0 Å². The maximum absolute atomic E-state index is 13.8. The van der Waals surface area contributed by atoms with Crippen LogP contribution in [0, 0.1) is 5.82 Å². The molecule has 8 heteroatoms. The number of halogens is 4. The number of hydrogen-bond acceptors (Lipinski definition) is 2. The van der Waals surface area contributed by atoms with Crippen LogP contribution in [0.25, 0.3) is 0 Å². The molecule has 0 unspecified atom stereocenters. The first-order valence-corrected chi connectivity index (χ1v) is 7.70. The predicted molar refractivity (Wildman–Crippen MR) is 85.4 cm³/mol. The number of urea groups is 1. The predicted octanol–water partition coefficient (Wildman–Crippen LogP) is 4.08. The molecule has 1 aromatic carbocycles. The number of anilines is 1. The number of nitrogens with zero attached hydrogens (tertiary/aromatic N) is 1. The van der Waals surface area contributed by atoms with Gasteiger partial charge in [-0.25, -0.2) is 9.18 Å². The Bertz CT molecular complexity index is 551. The van der Waals surface area contributed by atoms with E-state index in [-0.39, 0.29) is 12.1 Å². The van der Waals surface area contributed by atoms with Gasteiger partial charge in [-0.3, -0.25) is 4.90 Å². The fourth-order valence-electron chi connectivity index (χ4n) is 2.43. The first-order chi connectivity index (χ1) is 11.0. The Morgan fingerprint density at radius 3 is 2.25 bits per heavy atom. The molecule has 136 valence electrons. The smallest absolute Gasteiger partial charge is 0.337 e. The van der Waals surface area contributed by atoms with Gasteiger partial charge in [0.1, 0.15) is 0 Å². The summed E-state index contributed by atoms with van der Waals surface area (Å²) in [5.74, 6) is -1.49. The Morgan fingerprint density at radius 2 is 1.75 bits per heavy atom. The van der Waals surface area contributed by atoms with Crippen molar-refractivity contribution >= 4 is 11.7 Å². The zero-order valence-corrected chi connectivity index (χ0v) is 14.2. The van der Waals surface area contributed by atoms with Crippen LogP contribution in [-0.2, 0) is 6.18 Å². The van der Waals surface area contributed by atoms with Crippen LogP contribution in [0.4, 0.5) is 28.0 Å². The van der Waals surface area contributed by atoms with E-state index >= 15 is 0 Å². The molecule has 0 aliphatic rings. The highest BCUT2D eigenvalue weighted by Crippen LogP contribution is 2.33. The molecule has 0 aliphatic heterocycles. The highest BCUT2D eigenvalue weighted by molar-refractivity contribution is 5.89. The van der Waals surface area contributed by atoms with Crippen molar-refractivity contribution in [3.05, 3.63) is 29.6 Å². The van der Waals surface area contributed by atoms with Gasteiger partial charge in [0.25, 0.3) is 0 Å². The third kappa shape index (κ3) is 5.67. The average Bonchev–Trinajstić information content (AvgIpc) is 2.43.